The van der Waals surface area contributed by atoms with Crippen LogP contribution in [0.25, 0.3) is 0 Å². The van der Waals surface area contributed by atoms with Gasteiger partial charge in [-0.05, 0) is 6.42 Å². The smallest absolute Gasteiger partial charge is 0.268 e. The van der Waals surface area contributed by atoms with Gasteiger partial charge in [-0.3, -0.25) is 9.59 Å². The Kier molecular flexibility index (Phi) is 4.52. The molecule has 0 bridgehead atoms. The summed E-state index contributed by atoms with van der Waals surface area (Å²) in [7, 11) is 0. The molecule has 0 aliphatic carbocycles. The first-order valence-corrected chi connectivity index (χ1v) is 5.68. The maximum atomic E-state index is 11.4. The van der Waals surface area contributed by atoms with Gasteiger partial charge in [-0.1, -0.05) is 13.3 Å². The summed E-state index contributed by atoms with van der Waals surface area (Å²) < 4.78 is 0. The van der Waals surface area contributed by atoms with Crippen LogP contribution in [0.15, 0.2) is 11.1 Å². The fraction of sp³-hybridized carbons (Fsp3) is 0.556. The highest BCUT2D eigenvalue weighted by Gasteiger charge is 2.16. The van der Waals surface area contributed by atoms with Crippen molar-refractivity contribution in [3.63, 3.8) is 0 Å². The molecule has 5 heteroatoms. The number of rotatable bonds is 4. The van der Waals surface area contributed by atoms with Gasteiger partial charge in [0.05, 0.1) is 5.75 Å². The van der Waals surface area contributed by atoms with E-state index in [4.69, 9.17) is 0 Å². The Morgan fingerprint density at radius 2 is 2.50 bits per heavy atom. The number of hydrogen-bond acceptors (Lipinski definition) is 3. The van der Waals surface area contributed by atoms with E-state index in [1.54, 1.807) is 5.41 Å². The molecule has 0 saturated carbocycles. The molecule has 14 heavy (non-hydrogen) atoms. The van der Waals surface area contributed by atoms with E-state index in [0.717, 1.165) is 12.8 Å². The minimum Gasteiger partial charge on any atom is -0.351 e. The molecule has 0 fully saturated rings. The van der Waals surface area contributed by atoms with E-state index in [1.165, 1.54) is 11.8 Å². The molecule has 0 aromatic carbocycles. The lowest BCUT2D eigenvalue weighted by molar-refractivity contribution is -0.122. The Morgan fingerprint density at radius 3 is 3.14 bits per heavy atom. The molecule has 1 heterocycles. The lowest BCUT2D eigenvalue weighted by atomic mass is 10.3. The third-order valence-corrected chi connectivity index (χ3v) is 2.58. The zero-order valence-corrected chi connectivity index (χ0v) is 8.95. The minimum absolute atomic E-state index is 0.113. The number of carbonyl (C=O) groups is 2. The summed E-state index contributed by atoms with van der Waals surface area (Å²) in [5, 5.41) is 6.95. The summed E-state index contributed by atoms with van der Waals surface area (Å²) in [6.07, 6.45) is 2.00. The van der Waals surface area contributed by atoms with Crippen LogP contribution >= 0.6 is 11.8 Å². The normalized spacial score (nSPS) is 15.8. The molecule has 2 N–H and O–H groups in total. The van der Waals surface area contributed by atoms with Crippen LogP contribution in [0, 0.1) is 0 Å². The summed E-state index contributed by atoms with van der Waals surface area (Å²) in [5.41, 5.74) is 0.363. The van der Waals surface area contributed by atoms with Crippen LogP contribution in [0.5, 0.6) is 0 Å². The first kappa shape index (κ1) is 11.1. The highest BCUT2D eigenvalue weighted by molar-refractivity contribution is 8.02. The van der Waals surface area contributed by atoms with E-state index in [2.05, 4.69) is 17.6 Å². The van der Waals surface area contributed by atoms with Crippen molar-refractivity contribution in [2.24, 2.45) is 0 Å². The Labute approximate surface area is 87.5 Å². The summed E-state index contributed by atoms with van der Waals surface area (Å²) in [6, 6.07) is 0. The molecule has 1 aliphatic rings. The van der Waals surface area contributed by atoms with Gasteiger partial charge in [0.2, 0.25) is 5.91 Å². The van der Waals surface area contributed by atoms with Crippen LogP contribution in [-0.2, 0) is 9.59 Å². The van der Waals surface area contributed by atoms with Gasteiger partial charge in [0, 0.05) is 12.0 Å². The van der Waals surface area contributed by atoms with Crippen molar-refractivity contribution in [2.75, 3.05) is 12.3 Å². The van der Waals surface area contributed by atoms with E-state index in [-0.39, 0.29) is 11.8 Å². The van der Waals surface area contributed by atoms with Crippen LogP contribution in [0.4, 0.5) is 0 Å². The second kappa shape index (κ2) is 5.70. The van der Waals surface area contributed by atoms with Gasteiger partial charge in [0.25, 0.3) is 5.91 Å². The largest absolute Gasteiger partial charge is 0.351 e. The second-order valence-electron chi connectivity index (χ2n) is 3.00. The summed E-state index contributed by atoms with van der Waals surface area (Å²) >= 11 is 1.34. The molecule has 2 amide bonds. The van der Waals surface area contributed by atoms with E-state index in [0.29, 0.717) is 18.0 Å². The summed E-state index contributed by atoms with van der Waals surface area (Å²) in [6.45, 7) is 2.72. The van der Waals surface area contributed by atoms with Crippen LogP contribution in [0.3, 0.4) is 0 Å². The monoisotopic (exact) mass is 214 g/mol. The molecule has 1 rings (SSSR count). The number of nitrogens with one attached hydrogen (secondary N) is 2. The van der Waals surface area contributed by atoms with Gasteiger partial charge in [-0.25, -0.2) is 0 Å². The first-order chi connectivity index (χ1) is 6.74. The maximum absolute atomic E-state index is 11.4. The standard InChI is InChI=1S/C9H14N2O2S/c1-2-3-4-10-9(13)7-5-14-6-8(12)11-7/h5H,2-4,6H2,1H3,(H,10,13)(H,11,12). The summed E-state index contributed by atoms with van der Waals surface area (Å²) in [4.78, 5) is 22.4. The van der Waals surface area contributed by atoms with Crippen LogP contribution < -0.4 is 10.6 Å². The average Bonchev–Trinajstić information content (AvgIpc) is 2.18. The molecule has 0 unspecified atom stereocenters. The van der Waals surface area contributed by atoms with Crippen LogP contribution in [0.2, 0.25) is 0 Å². The van der Waals surface area contributed by atoms with Crippen molar-refractivity contribution in [1.82, 2.24) is 10.6 Å². The zero-order chi connectivity index (χ0) is 10.4. The van der Waals surface area contributed by atoms with E-state index in [9.17, 15) is 9.59 Å². The maximum Gasteiger partial charge on any atom is 0.268 e. The highest BCUT2D eigenvalue weighted by atomic mass is 32.2. The third kappa shape index (κ3) is 3.41. The van der Waals surface area contributed by atoms with Gasteiger partial charge in [-0.15, -0.1) is 11.8 Å². The van der Waals surface area contributed by atoms with Gasteiger partial charge >= 0.3 is 0 Å². The molecule has 4 nitrogen and oxygen atoms in total. The zero-order valence-electron chi connectivity index (χ0n) is 8.13. The Morgan fingerprint density at radius 1 is 1.71 bits per heavy atom. The molecule has 0 radical (unpaired) electrons. The van der Waals surface area contributed by atoms with Gasteiger partial charge < -0.3 is 10.6 Å². The molecule has 0 atom stereocenters. The molecule has 0 aromatic heterocycles. The van der Waals surface area contributed by atoms with E-state index < -0.39 is 0 Å². The van der Waals surface area contributed by atoms with Crippen LogP contribution in [-0.4, -0.2) is 24.1 Å². The SMILES string of the molecule is CCCCNC(=O)C1=CSCC(=O)N1. The van der Waals surface area contributed by atoms with Gasteiger partial charge in [0.1, 0.15) is 5.70 Å². The van der Waals surface area contributed by atoms with Crippen molar-refractivity contribution in [2.45, 2.75) is 19.8 Å². The van der Waals surface area contributed by atoms with Crippen molar-refractivity contribution in [3.8, 4) is 0 Å². The Balaban J connectivity index is 2.36. The highest BCUT2D eigenvalue weighted by Crippen LogP contribution is 2.10. The number of unbranched alkanes of at least 4 members (excludes halogenated alkanes) is 1. The molecule has 78 valence electrons. The lowest BCUT2D eigenvalue weighted by Gasteiger charge is -2.13. The number of thioether (sulfide) groups is 1. The van der Waals surface area contributed by atoms with Gasteiger partial charge in [-0.2, -0.15) is 0 Å². The molecule has 1 aliphatic heterocycles. The fourth-order valence-electron chi connectivity index (χ4n) is 1.00. The summed E-state index contributed by atoms with van der Waals surface area (Å²) in [5.74, 6) is 0.0864. The number of carbonyl (C=O) groups excluding carboxylic acids is 2. The Hall–Kier alpha value is -0.970. The van der Waals surface area contributed by atoms with Crippen molar-refractivity contribution in [1.29, 1.82) is 0 Å². The first-order valence-electron chi connectivity index (χ1n) is 4.64. The van der Waals surface area contributed by atoms with Crippen molar-refractivity contribution >= 4 is 23.6 Å². The quantitative estimate of drug-likeness (QED) is 0.674. The topological polar surface area (TPSA) is 58.2 Å². The molecular formula is C9H14N2O2S. The molecule has 0 spiro atoms. The molecule has 0 aromatic rings. The lowest BCUT2D eigenvalue weighted by Crippen LogP contribution is -2.37. The number of hydrogen-bond donors (Lipinski definition) is 2. The number of amides is 2. The van der Waals surface area contributed by atoms with Crippen molar-refractivity contribution < 1.29 is 9.59 Å². The fourth-order valence-corrected chi connectivity index (χ4v) is 1.64. The predicted octanol–water partition coefficient (Wildman–Crippen LogP) is 0.607. The van der Waals surface area contributed by atoms with Crippen LogP contribution in [0.1, 0.15) is 19.8 Å². The average molecular weight is 214 g/mol. The van der Waals surface area contributed by atoms with Gasteiger partial charge in [0.15, 0.2) is 0 Å². The second-order valence-corrected chi connectivity index (χ2v) is 3.86. The molecule has 0 saturated heterocycles. The predicted molar refractivity (Wildman–Crippen MR) is 56.6 cm³/mol. The Bertz CT molecular complexity index is 264. The molecular weight excluding hydrogens is 200 g/mol. The van der Waals surface area contributed by atoms with E-state index in [1.807, 2.05) is 0 Å². The third-order valence-electron chi connectivity index (χ3n) is 1.75. The van der Waals surface area contributed by atoms with E-state index >= 15 is 0 Å². The van der Waals surface area contributed by atoms with Crippen molar-refractivity contribution in [3.05, 3.63) is 11.1 Å². The minimum atomic E-state index is -0.195.